The Balaban J connectivity index is 0.000000242. The van der Waals surface area contributed by atoms with Crippen LogP contribution in [0.15, 0.2) is 30.3 Å². The number of carbonyl (C=O) groups excluding carboxylic acids is 6. The highest BCUT2D eigenvalue weighted by atomic mass is 16.2. The third kappa shape index (κ3) is 4.44. The first-order chi connectivity index (χ1) is 16.0. The minimum Gasteiger partial charge on any atom is -0.277 e. The average molecular weight is 473 g/mol. The monoisotopic (exact) mass is 472 g/mol. The Morgan fingerprint density at radius 2 is 1.38 bits per heavy atom. The SMILES string of the molecule is CCC1(c2ccccc2)C(=O)NC(=O)N(C)C1=O.CCCC(C)C1(CC)C(=O)NC(=O)NC1=O. The second kappa shape index (κ2) is 10.6. The van der Waals surface area contributed by atoms with Crippen LogP contribution in [0.3, 0.4) is 0 Å². The van der Waals surface area contributed by atoms with Crippen LogP contribution in [-0.2, 0) is 24.6 Å². The molecule has 0 aromatic heterocycles. The molecule has 0 bridgehead atoms. The summed E-state index contributed by atoms with van der Waals surface area (Å²) in [5.41, 5.74) is -1.79. The molecule has 2 unspecified atom stereocenters. The first-order valence-corrected chi connectivity index (χ1v) is 11.4. The Bertz CT molecular complexity index is 972. The van der Waals surface area contributed by atoms with Gasteiger partial charge in [-0.25, -0.2) is 9.59 Å². The van der Waals surface area contributed by atoms with E-state index < -0.39 is 46.5 Å². The summed E-state index contributed by atoms with van der Waals surface area (Å²) in [7, 11) is 1.37. The number of barbiturate groups is 2. The van der Waals surface area contributed by atoms with Crippen molar-refractivity contribution in [2.45, 2.75) is 58.8 Å². The van der Waals surface area contributed by atoms with Gasteiger partial charge in [0.15, 0.2) is 5.41 Å². The van der Waals surface area contributed by atoms with Crippen molar-refractivity contribution in [3.05, 3.63) is 35.9 Å². The van der Waals surface area contributed by atoms with E-state index in [1.807, 2.05) is 19.9 Å². The number of hydrogen-bond acceptors (Lipinski definition) is 6. The number of amides is 8. The Kier molecular flexibility index (Phi) is 8.31. The molecule has 8 amide bonds. The highest BCUT2D eigenvalue weighted by Crippen LogP contribution is 2.36. The van der Waals surface area contributed by atoms with E-state index in [1.165, 1.54) is 7.05 Å². The van der Waals surface area contributed by atoms with E-state index >= 15 is 0 Å². The Morgan fingerprint density at radius 3 is 1.85 bits per heavy atom. The average Bonchev–Trinajstić information content (AvgIpc) is 2.80. The number of hydrogen-bond donors (Lipinski definition) is 3. The maximum atomic E-state index is 12.3. The fraction of sp³-hybridized carbons (Fsp3) is 0.500. The van der Waals surface area contributed by atoms with Crippen LogP contribution in [0.2, 0.25) is 0 Å². The molecular weight excluding hydrogens is 440 g/mol. The third-order valence-corrected chi connectivity index (χ3v) is 6.76. The highest BCUT2D eigenvalue weighted by Gasteiger charge is 2.53. The van der Waals surface area contributed by atoms with Crippen molar-refractivity contribution in [3.8, 4) is 0 Å². The van der Waals surface area contributed by atoms with Gasteiger partial charge < -0.3 is 0 Å². The summed E-state index contributed by atoms with van der Waals surface area (Å²) in [6, 6.07) is 7.41. The number of urea groups is 2. The molecule has 0 radical (unpaired) electrons. The van der Waals surface area contributed by atoms with E-state index in [0.717, 1.165) is 17.7 Å². The molecule has 1 aromatic rings. The predicted octanol–water partition coefficient (Wildman–Crippen LogP) is 2.23. The maximum Gasteiger partial charge on any atom is 0.330 e. The highest BCUT2D eigenvalue weighted by molar-refractivity contribution is 6.22. The van der Waals surface area contributed by atoms with Crippen molar-refractivity contribution in [1.82, 2.24) is 20.9 Å². The molecule has 1 aromatic carbocycles. The first-order valence-electron chi connectivity index (χ1n) is 11.4. The lowest BCUT2D eigenvalue weighted by Gasteiger charge is -2.37. The van der Waals surface area contributed by atoms with Gasteiger partial charge in [0.1, 0.15) is 5.41 Å². The smallest absolute Gasteiger partial charge is 0.277 e. The number of imide groups is 4. The summed E-state index contributed by atoms with van der Waals surface area (Å²) < 4.78 is 0. The second-order valence-corrected chi connectivity index (χ2v) is 8.50. The van der Waals surface area contributed by atoms with Gasteiger partial charge in [0, 0.05) is 7.05 Å². The van der Waals surface area contributed by atoms with Crippen molar-refractivity contribution in [1.29, 1.82) is 0 Å². The van der Waals surface area contributed by atoms with Crippen LogP contribution >= 0.6 is 0 Å². The van der Waals surface area contributed by atoms with E-state index in [9.17, 15) is 28.8 Å². The molecule has 10 heteroatoms. The summed E-state index contributed by atoms with van der Waals surface area (Å²) in [5.74, 6) is -2.04. The zero-order chi connectivity index (χ0) is 25.7. The summed E-state index contributed by atoms with van der Waals surface area (Å²) in [4.78, 5) is 71.6. The van der Waals surface area contributed by atoms with E-state index in [-0.39, 0.29) is 5.92 Å². The van der Waals surface area contributed by atoms with Crippen LogP contribution in [0.1, 0.15) is 58.9 Å². The Morgan fingerprint density at radius 1 is 0.824 bits per heavy atom. The van der Waals surface area contributed by atoms with Crippen LogP contribution in [0, 0.1) is 11.3 Å². The fourth-order valence-corrected chi connectivity index (χ4v) is 4.62. The molecule has 10 nitrogen and oxygen atoms in total. The van der Waals surface area contributed by atoms with Crippen LogP contribution in [0.4, 0.5) is 9.59 Å². The molecule has 0 spiro atoms. The van der Waals surface area contributed by atoms with E-state index in [0.29, 0.717) is 18.4 Å². The van der Waals surface area contributed by atoms with Gasteiger partial charge in [-0.1, -0.05) is 64.4 Å². The van der Waals surface area contributed by atoms with Gasteiger partial charge in [-0.3, -0.25) is 40.0 Å². The van der Waals surface area contributed by atoms with Crippen LogP contribution in [0.25, 0.3) is 0 Å². The number of rotatable bonds is 6. The third-order valence-electron chi connectivity index (χ3n) is 6.76. The lowest BCUT2D eigenvalue weighted by molar-refractivity contribution is -0.149. The number of likely N-dealkylation sites (N-methyl/N-ethyl adjacent to an activating group) is 1. The molecule has 3 rings (SSSR count). The summed E-state index contributed by atoms with van der Waals surface area (Å²) in [6.07, 6.45) is 2.39. The first kappa shape index (κ1) is 26.7. The molecule has 0 aliphatic carbocycles. The lowest BCUT2D eigenvalue weighted by atomic mass is 9.70. The van der Waals surface area contributed by atoms with Crippen molar-refractivity contribution < 1.29 is 28.8 Å². The summed E-state index contributed by atoms with van der Waals surface area (Å²) >= 11 is 0. The van der Waals surface area contributed by atoms with E-state index in [1.54, 1.807) is 38.1 Å². The minimum atomic E-state index is -1.30. The Labute approximate surface area is 198 Å². The number of benzene rings is 1. The lowest BCUT2D eigenvalue weighted by Crippen LogP contribution is -2.64. The molecule has 0 saturated carbocycles. The minimum absolute atomic E-state index is 0.0735. The van der Waals surface area contributed by atoms with Crippen LogP contribution in [0.5, 0.6) is 0 Å². The molecular formula is C24H32N4O6. The molecule has 2 fully saturated rings. The molecule has 2 aliphatic rings. The number of nitrogens with zero attached hydrogens (tertiary/aromatic N) is 1. The summed E-state index contributed by atoms with van der Waals surface area (Å²) in [6.45, 7) is 7.43. The molecule has 2 saturated heterocycles. The van der Waals surface area contributed by atoms with Crippen LogP contribution < -0.4 is 16.0 Å². The molecule has 2 aliphatic heterocycles. The zero-order valence-corrected chi connectivity index (χ0v) is 20.2. The van der Waals surface area contributed by atoms with E-state index in [2.05, 4.69) is 16.0 Å². The van der Waals surface area contributed by atoms with Gasteiger partial charge in [0.05, 0.1) is 0 Å². The number of carbonyl (C=O) groups is 6. The Hall–Kier alpha value is -3.56. The topological polar surface area (TPSA) is 142 Å². The largest absolute Gasteiger partial charge is 0.330 e. The normalized spacial score (nSPS) is 22.8. The van der Waals surface area contributed by atoms with Crippen molar-refractivity contribution >= 4 is 35.7 Å². The predicted molar refractivity (Wildman–Crippen MR) is 123 cm³/mol. The molecule has 2 heterocycles. The van der Waals surface area contributed by atoms with Gasteiger partial charge in [0.25, 0.3) is 5.91 Å². The maximum absolute atomic E-state index is 12.3. The fourth-order valence-electron chi connectivity index (χ4n) is 4.62. The molecule has 2 atom stereocenters. The zero-order valence-electron chi connectivity index (χ0n) is 20.2. The van der Waals surface area contributed by atoms with Crippen molar-refractivity contribution in [2.24, 2.45) is 11.3 Å². The quantitative estimate of drug-likeness (QED) is 0.542. The molecule has 34 heavy (non-hydrogen) atoms. The van der Waals surface area contributed by atoms with Gasteiger partial charge in [-0.2, -0.15) is 0 Å². The summed E-state index contributed by atoms with van der Waals surface area (Å²) in [5, 5.41) is 6.59. The standard InChI is InChI=1S/C13H14N2O3.C11H18N2O3/c1-3-13(9-7-5-4-6-8-9)10(16)14-12(18)15(2)11(13)17;1-4-6-7(3)11(5-2)8(14)12-10(16)13-9(11)15/h4-8H,3H2,1-2H3,(H,14,16,18);7H,4-6H2,1-3H3,(H2,12,13,14,15,16). The van der Waals surface area contributed by atoms with Crippen LogP contribution in [-0.4, -0.2) is 47.6 Å². The van der Waals surface area contributed by atoms with Crippen molar-refractivity contribution in [3.63, 3.8) is 0 Å². The van der Waals surface area contributed by atoms with E-state index in [4.69, 9.17) is 0 Å². The second-order valence-electron chi connectivity index (χ2n) is 8.50. The number of nitrogens with one attached hydrogen (secondary N) is 3. The van der Waals surface area contributed by atoms with Gasteiger partial charge in [-0.15, -0.1) is 0 Å². The molecule has 3 N–H and O–H groups in total. The van der Waals surface area contributed by atoms with Gasteiger partial charge in [0.2, 0.25) is 17.7 Å². The molecule has 184 valence electrons. The van der Waals surface area contributed by atoms with Crippen molar-refractivity contribution in [2.75, 3.05) is 7.05 Å². The van der Waals surface area contributed by atoms with Gasteiger partial charge in [-0.05, 0) is 30.7 Å². The van der Waals surface area contributed by atoms with Gasteiger partial charge >= 0.3 is 12.1 Å².